The van der Waals surface area contributed by atoms with Crippen LogP contribution in [0, 0.1) is 0 Å². The third-order valence-electron chi connectivity index (χ3n) is 3.73. The van der Waals surface area contributed by atoms with E-state index in [1.54, 1.807) is 29.9 Å². The van der Waals surface area contributed by atoms with Crippen LogP contribution in [0.2, 0.25) is 5.02 Å². The van der Waals surface area contributed by atoms with Crippen LogP contribution in [0.1, 0.15) is 10.4 Å². The summed E-state index contributed by atoms with van der Waals surface area (Å²) in [6, 6.07) is 7.70. The quantitative estimate of drug-likeness (QED) is 0.670. The molecule has 0 saturated carbocycles. The number of benzene rings is 1. The van der Waals surface area contributed by atoms with E-state index in [9.17, 15) is 9.59 Å². The minimum Gasteiger partial charge on any atom is -0.492 e. The average molecular weight is 389 g/mol. The van der Waals surface area contributed by atoms with E-state index in [0.29, 0.717) is 40.9 Å². The smallest absolute Gasteiger partial charge is 0.335 e. The Kier molecular flexibility index (Phi) is 5.58. The van der Waals surface area contributed by atoms with E-state index in [1.165, 1.54) is 18.3 Å². The van der Waals surface area contributed by atoms with Crippen LogP contribution in [0.25, 0.3) is 11.3 Å². The molecule has 9 heteroatoms. The highest BCUT2D eigenvalue weighted by atomic mass is 35.5. The summed E-state index contributed by atoms with van der Waals surface area (Å²) < 4.78 is 12.0. The Labute approximate surface area is 159 Å². The molecular weight excluding hydrogens is 372 g/mol. The van der Waals surface area contributed by atoms with Gasteiger partial charge in [-0.2, -0.15) is 5.10 Å². The van der Waals surface area contributed by atoms with Crippen LogP contribution in [-0.2, 0) is 7.05 Å². The Morgan fingerprint density at radius 3 is 2.81 bits per heavy atom. The minimum atomic E-state index is -0.527. The summed E-state index contributed by atoms with van der Waals surface area (Å²) in [5.74, 6) is 0.145. The van der Waals surface area contributed by atoms with E-state index in [-0.39, 0.29) is 5.56 Å². The van der Waals surface area contributed by atoms with Crippen molar-refractivity contribution in [2.45, 2.75) is 0 Å². The fraction of sp³-hybridized carbons (Fsp3) is 0.167. The van der Waals surface area contributed by atoms with Crippen molar-refractivity contribution in [1.29, 1.82) is 0 Å². The van der Waals surface area contributed by atoms with Crippen molar-refractivity contribution in [2.24, 2.45) is 12.8 Å². The van der Waals surface area contributed by atoms with Crippen molar-refractivity contribution in [2.75, 3.05) is 18.5 Å². The number of nitrogens with zero attached hydrogens (tertiary/aromatic N) is 2. The molecule has 8 nitrogen and oxygen atoms in total. The molecule has 1 aromatic carbocycles. The van der Waals surface area contributed by atoms with E-state index < -0.39 is 11.5 Å². The van der Waals surface area contributed by atoms with Gasteiger partial charge in [-0.15, -0.1) is 0 Å². The monoisotopic (exact) mass is 388 g/mol. The molecule has 3 aromatic rings. The van der Waals surface area contributed by atoms with E-state index in [4.69, 9.17) is 26.5 Å². The Morgan fingerprint density at radius 1 is 1.37 bits per heavy atom. The van der Waals surface area contributed by atoms with Gasteiger partial charge in [0.1, 0.15) is 18.6 Å². The number of nitrogens with two attached hydrogens (primary N) is 1. The molecule has 0 radical (unpaired) electrons. The molecule has 1 amide bonds. The van der Waals surface area contributed by atoms with Gasteiger partial charge < -0.3 is 20.2 Å². The topological polar surface area (TPSA) is 112 Å². The number of carbonyl (C=O) groups is 1. The summed E-state index contributed by atoms with van der Waals surface area (Å²) in [5.41, 5.74) is 7.03. The van der Waals surface area contributed by atoms with Gasteiger partial charge in [-0.3, -0.25) is 9.48 Å². The highest BCUT2D eigenvalue weighted by Gasteiger charge is 2.16. The summed E-state index contributed by atoms with van der Waals surface area (Å²) in [7, 11) is 1.76. The maximum absolute atomic E-state index is 12.3. The predicted octanol–water partition coefficient (Wildman–Crippen LogP) is 2.28. The van der Waals surface area contributed by atoms with Gasteiger partial charge in [-0.05, 0) is 24.3 Å². The van der Waals surface area contributed by atoms with Gasteiger partial charge in [0.25, 0.3) is 5.91 Å². The number of amides is 1. The van der Waals surface area contributed by atoms with Crippen molar-refractivity contribution in [3.8, 4) is 17.0 Å². The number of nitrogens with one attached hydrogen (secondary N) is 1. The zero-order valence-corrected chi connectivity index (χ0v) is 15.2. The fourth-order valence-corrected chi connectivity index (χ4v) is 2.76. The number of aryl methyl sites for hydroxylation is 1. The molecule has 0 fully saturated rings. The van der Waals surface area contributed by atoms with Gasteiger partial charge in [0.05, 0.1) is 22.5 Å². The first-order chi connectivity index (χ1) is 13.0. The first-order valence-electron chi connectivity index (χ1n) is 8.04. The lowest BCUT2D eigenvalue weighted by atomic mass is 10.1. The Hall–Kier alpha value is -3.10. The zero-order chi connectivity index (χ0) is 19.4. The SMILES string of the molecule is Cn1ncc(Cl)c1-c1cc(NC(=O)c2ccc(=O)oc2)ccc1OCCN. The summed E-state index contributed by atoms with van der Waals surface area (Å²) in [6.07, 6.45) is 2.64. The van der Waals surface area contributed by atoms with E-state index in [0.717, 1.165) is 6.26 Å². The zero-order valence-electron chi connectivity index (χ0n) is 14.4. The molecule has 0 spiro atoms. The number of hydrogen-bond acceptors (Lipinski definition) is 6. The Morgan fingerprint density at radius 2 is 2.19 bits per heavy atom. The molecule has 27 heavy (non-hydrogen) atoms. The normalized spacial score (nSPS) is 10.6. The summed E-state index contributed by atoms with van der Waals surface area (Å²) in [5, 5.41) is 7.33. The van der Waals surface area contributed by atoms with Crippen molar-refractivity contribution in [3.05, 3.63) is 63.8 Å². The van der Waals surface area contributed by atoms with E-state index in [1.807, 2.05) is 0 Å². The third kappa shape index (κ3) is 4.18. The Balaban J connectivity index is 1.95. The number of rotatable bonds is 6. The van der Waals surface area contributed by atoms with Crippen LogP contribution >= 0.6 is 11.6 Å². The third-order valence-corrected chi connectivity index (χ3v) is 4.00. The molecule has 0 saturated heterocycles. The molecule has 3 N–H and O–H groups in total. The lowest BCUT2D eigenvalue weighted by Gasteiger charge is -2.14. The van der Waals surface area contributed by atoms with E-state index >= 15 is 0 Å². The van der Waals surface area contributed by atoms with Gasteiger partial charge in [-0.25, -0.2) is 4.79 Å². The van der Waals surface area contributed by atoms with Crippen LogP contribution in [0.15, 0.2) is 52.0 Å². The van der Waals surface area contributed by atoms with Crippen molar-refractivity contribution < 1.29 is 13.9 Å². The lowest BCUT2D eigenvalue weighted by molar-refractivity contribution is 0.102. The number of hydrogen-bond donors (Lipinski definition) is 2. The van der Waals surface area contributed by atoms with Crippen molar-refractivity contribution in [3.63, 3.8) is 0 Å². The number of halogens is 1. The fourth-order valence-electron chi connectivity index (χ4n) is 2.49. The number of anilines is 1. The maximum Gasteiger partial charge on any atom is 0.335 e. The van der Waals surface area contributed by atoms with Gasteiger partial charge >= 0.3 is 5.63 Å². The number of ether oxygens (including phenoxy) is 1. The van der Waals surface area contributed by atoms with Crippen LogP contribution < -0.4 is 21.4 Å². The molecule has 0 bridgehead atoms. The minimum absolute atomic E-state index is 0.221. The van der Waals surface area contributed by atoms with E-state index in [2.05, 4.69) is 10.4 Å². The maximum atomic E-state index is 12.3. The first kappa shape index (κ1) is 18.7. The summed E-state index contributed by atoms with van der Waals surface area (Å²) in [6.45, 7) is 0.688. The predicted molar refractivity (Wildman–Crippen MR) is 101 cm³/mol. The highest BCUT2D eigenvalue weighted by Crippen LogP contribution is 2.36. The Bertz CT molecular complexity index is 988. The average Bonchev–Trinajstić information content (AvgIpc) is 2.99. The lowest BCUT2D eigenvalue weighted by Crippen LogP contribution is -2.14. The molecule has 0 atom stereocenters. The standard InChI is InChI=1S/C18H17ClN4O4/c1-23-17(14(19)9-21-23)13-8-12(3-4-15(13)26-7-6-20)22-18(25)11-2-5-16(24)27-10-11/h2-5,8-10H,6-7,20H2,1H3,(H,22,25). The molecule has 0 aliphatic heterocycles. The molecule has 3 rings (SSSR count). The second-order valence-electron chi connectivity index (χ2n) is 5.61. The van der Waals surface area contributed by atoms with Crippen LogP contribution in [0.3, 0.4) is 0 Å². The van der Waals surface area contributed by atoms with Gasteiger partial charge in [0, 0.05) is 30.9 Å². The molecule has 2 heterocycles. The largest absolute Gasteiger partial charge is 0.492 e. The highest BCUT2D eigenvalue weighted by molar-refractivity contribution is 6.33. The van der Waals surface area contributed by atoms with Crippen LogP contribution in [0.4, 0.5) is 5.69 Å². The summed E-state index contributed by atoms with van der Waals surface area (Å²) >= 11 is 6.26. The molecule has 0 unspecified atom stereocenters. The molecular formula is C18H17ClN4O4. The number of carbonyl (C=O) groups excluding carboxylic acids is 1. The molecule has 0 aliphatic carbocycles. The van der Waals surface area contributed by atoms with Crippen LogP contribution in [-0.4, -0.2) is 28.8 Å². The van der Waals surface area contributed by atoms with Gasteiger partial charge in [0.15, 0.2) is 0 Å². The van der Waals surface area contributed by atoms with Gasteiger partial charge in [0.2, 0.25) is 0 Å². The molecule has 0 aliphatic rings. The second kappa shape index (κ2) is 8.07. The molecule has 140 valence electrons. The van der Waals surface area contributed by atoms with Crippen LogP contribution in [0.5, 0.6) is 5.75 Å². The van der Waals surface area contributed by atoms with Gasteiger partial charge in [-0.1, -0.05) is 11.6 Å². The second-order valence-corrected chi connectivity index (χ2v) is 6.02. The van der Waals surface area contributed by atoms with Crippen molar-refractivity contribution >= 4 is 23.2 Å². The number of aromatic nitrogens is 2. The van der Waals surface area contributed by atoms with Crippen molar-refractivity contribution in [1.82, 2.24) is 9.78 Å². The molecule has 2 aromatic heterocycles. The summed E-state index contributed by atoms with van der Waals surface area (Å²) in [4.78, 5) is 23.4. The first-order valence-corrected chi connectivity index (χ1v) is 8.42.